The number of nitrogens with zero attached hydrogens (tertiary/aromatic N) is 2. The van der Waals surface area contributed by atoms with Crippen LogP contribution in [0.2, 0.25) is 10.0 Å². The van der Waals surface area contributed by atoms with Gasteiger partial charge >= 0.3 is 0 Å². The SMILES string of the molecule is CN(C)c1cc(N[C@H]2CC[C@@H](NC(=S)Nc3ccc(Cl)cc3Cl)CC2)nc2ccccc12. The summed E-state index contributed by atoms with van der Waals surface area (Å²) in [6.45, 7) is 0. The van der Waals surface area contributed by atoms with Crippen LogP contribution in [0.15, 0.2) is 48.5 Å². The van der Waals surface area contributed by atoms with Crippen LogP contribution in [0, 0.1) is 0 Å². The van der Waals surface area contributed by atoms with Crippen molar-refractivity contribution < 1.29 is 0 Å². The van der Waals surface area contributed by atoms with E-state index in [0.717, 1.165) is 48.1 Å². The summed E-state index contributed by atoms with van der Waals surface area (Å²) in [5, 5.41) is 13.1. The van der Waals surface area contributed by atoms with Gasteiger partial charge in [-0.2, -0.15) is 0 Å². The van der Waals surface area contributed by atoms with Crippen LogP contribution in [-0.2, 0) is 0 Å². The molecular weight excluding hydrogens is 461 g/mol. The van der Waals surface area contributed by atoms with E-state index >= 15 is 0 Å². The first kappa shape index (κ1) is 22.9. The van der Waals surface area contributed by atoms with Crippen molar-refractivity contribution in [1.29, 1.82) is 0 Å². The lowest BCUT2D eigenvalue weighted by Gasteiger charge is -2.31. The van der Waals surface area contributed by atoms with Crippen LogP contribution >= 0.6 is 35.4 Å². The predicted molar refractivity (Wildman–Crippen MR) is 142 cm³/mol. The number of aromatic nitrogens is 1. The maximum atomic E-state index is 6.23. The van der Waals surface area contributed by atoms with Crippen molar-refractivity contribution in [2.24, 2.45) is 0 Å². The van der Waals surface area contributed by atoms with Crippen LogP contribution < -0.4 is 20.9 Å². The topological polar surface area (TPSA) is 52.2 Å². The van der Waals surface area contributed by atoms with Gasteiger partial charge in [0.1, 0.15) is 5.82 Å². The van der Waals surface area contributed by atoms with Crippen molar-refractivity contribution in [2.45, 2.75) is 37.8 Å². The van der Waals surface area contributed by atoms with E-state index in [9.17, 15) is 0 Å². The lowest BCUT2D eigenvalue weighted by molar-refractivity contribution is 0.388. The quantitative estimate of drug-likeness (QED) is 0.366. The molecule has 0 saturated heterocycles. The van der Waals surface area contributed by atoms with Crippen LogP contribution in [-0.4, -0.2) is 36.3 Å². The van der Waals surface area contributed by atoms with Gasteiger partial charge in [0.15, 0.2) is 5.11 Å². The number of pyridine rings is 1. The number of hydrogen-bond donors (Lipinski definition) is 3. The van der Waals surface area contributed by atoms with Crippen LogP contribution in [0.4, 0.5) is 17.2 Å². The van der Waals surface area contributed by atoms with Gasteiger partial charge in [0.2, 0.25) is 0 Å². The molecule has 2 aromatic carbocycles. The van der Waals surface area contributed by atoms with E-state index in [0.29, 0.717) is 27.2 Å². The molecule has 32 heavy (non-hydrogen) atoms. The Balaban J connectivity index is 1.32. The Hall–Kier alpha value is -2.28. The summed E-state index contributed by atoms with van der Waals surface area (Å²) in [7, 11) is 4.13. The lowest BCUT2D eigenvalue weighted by Crippen LogP contribution is -2.42. The molecule has 0 spiro atoms. The smallest absolute Gasteiger partial charge is 0.171 e. The zero-order valence-corrected chi connectivity index (χ0v) is 20.5. The van der Waals surface area contributed by atoms with Crippen molar-refractivity contribution in [3.05, 3.63) is 58.6 Å². The Labute approximate surface area is 204 Å². The van der Waals surface area contributed by atoms with Crippen molar-refractivity contribution in [2.75, 3.05) is 29.6 Å². The fourth-order valence-electron chi connectivity index (χ4n) is 4.13. The maximum Gasteiger partial charge on any atom is 0.171 e. The number of nitrogens with one attached hydrogen (secondary N) is 3. The van der Waals surface area contributed by atoms with Crippen molar-refractivity contribution in [3.63, 3.8) is 0 Å². The number of halogens is 2. The number of anilines is 3. The molecule has 1 heterocycles. The molecule has 0 atom stereocenters. The van der Waals surface area contributed by atoms with Gasteiger partial charge in [-0.25, -0.2) is 4.98 Å². The largest absolute Gasteiger partial charge is 0.377 e. The molecule has 0 unspecified atom stereocenters. The molecule has 0 amide bonds. The number of fused-ring (bicyclic) bond motifs is 1. The molecule has 0 bridgehead atoms. The molecule has 4 rings (SSSR count). The van der Waals surface area contributed by atoms with Gasteiger partial charge in [0, 0.05) is 48.3 Å². The first-order valence-corrected chi connectivity index (χ1v) is 11.9. The average molecular weight is 488 g/mol. The Kier molecular flexibility index (Phi) is 7.23. The fourth-order valence-corrected chi connectivity index (χ4v) is 4.86. The van der Waals surface area contributed by atoms with Crippen molar-refractivity contribution >= 4 is 68.6 Å². The van der Waals surface area contributed by atoms with Gasteiger partial charge < -0.3 is 20.9 Å². The second-order valence-electron chi connectivity index (χ2n) is 8.35. The van der Waals surface area contributed by atoms with Crippen LogP contribution in [0.3, 0.4) is 0 Å². The van der Waals surface area contributed by atoms with Gasteiger partial charge in [0.25, 0.3) is 0 Å². The van der Waals surface area contributed by atoms with E-state index in [1.807, 2.05) is 12.1 Å². The highest BCUT2D eigenvalue weighted by Crippen LogP contribution is 2.29. The Morgan fingerprint density at radius 3 is 2.44 bits per heavy atom. The van der Waals surface area contributed by atoms with E-state index in [2.05, 4.69) is 59.2 Å². The van der Waals surface area contributed by atoms with E-state index in [1.165, 1.54) is 5.69 Å². The molecule has 1 aromatic heterocycles. The van der Waals surface area contributed by atoms with E-state index in [1.54, 1.807) is 12.1 Å². The first-order valence-electron chi connectivity index (χ1n) is 10.8. The van der Waals surface area contributed by atoms with Crippen molar-refractivity contribution in [1.82, 2.24) is 10.3 Å². The van der Waals surface area contributed by atoms with E-state index in [4.69, 9.17) is 40.4 Å². The summed E-state index contributed by atoms with van der Waals surface area (Å²) < 4.78 is 0. The summed E-state index contributed by atoms with van der Waals surface area (Å²) in [5.74, 6) is 0.929. The Morgan fingerprint density at radius 2 is 1.72 bits per heavy atom. The van der Waals surface area contributed by atoms with Gasteiger partial charge in [0.05, 0.1) is 16.2 Å². The highest BCUT2D eigenvalue weighted by atomic mass is 35.5. The number of rotatable bonds is 5. The van der Waals surface area contributed by atoms with E-state index in [-0.39, 0.29) is 0 Å². The third-order valence-electron chi connectivity index (χ3n) is 5.77. The number of hydrogen-bond acceptors (Lipinski definition) is 4. The normalized spacial score (nSPS) is 18.2. The zero-order valence-electron chi connectivity index (χ0n) is 18.2. The molecular formula is C24H27Cl2N5S. The van der Waals surface area contributed by atoms with Crippen LogP contribution in [0.5, 0.6) is 0 Å². The van der Waals surface area contributed by atoms with E-state index < -0.39 is 0 Å². The van der Waals surface area contributed by atoms with Gasteiger partial charge in [-0.05, 0) is 62.2 Å². The Bertz CT molecular complexity index is 1110. The van der Waals surface area contributed by atoms with Crippen LogP contribution in [0.25, 0.3) is 10.9 Å². The summed E-state index contributed by atoms with van der Waals surface area (Å²) >= 11 is 17.7. The molecule has 3 aromatic rings. The fraction of sp³-hybridized carbons (Fsp3) is 0.333. The monoisotopic (exact) mass is 487 g/mol. The summed E-state index contributed by atoms with van der Waals surface area (Å²) in [6.07, 6.45) is 4.16. The zero-order chi connectivity index (χ0) is 22.7. The summed E-state index contributed by atoms with van der Waals surface area (Å²) in [5.41, 5.74) is 2.93. The third kappa shape index (κ3) is 5.55. The average Bonchev–Trinajstić information content (AvgIpc) is 2.76. The number of para-hydroxylation sites is 1. The predicted octanol–water partition coefficient (Wildman–Crippen LogP) is 6.32. The molecule has 1 aliphatic rings. The highest BCUT2D eigenvalue weighted by Gasteiger charge is 2.22. The summed E-state index contributed by atoms with van der Waals surface area (Å²) in [6, 6.07) is 16.5. The number of thiocarbonyl (C=S) groups is 1. The Morgan fingerprint density at radius 1 is 1.00 bits per heavy atom. The standard InChI is InChI=1S/C24H27Cl2N5S/c1-31(2)22-14-23(29-20-6-4-3-5-18(20)22)27-16-8-10-17(11-9-16)28-24(32)30-21-12-7-15(25)13-19(21)26/h3-7,12-14,16-17H,8-11H2,1-2H3,(H,27,29)(H2,28,30,32)/t16-,17+. The second-order valence-corrected chi connectivity index (χ2v) is 9.61. The molecule has 0 radical (unpaired) electrons. The highest BCUT2D eigenvalue weighted by molar-refractivity contribution is 7.80. The summed E-state index contributed by atoms with van der Waals surface area (Å²) in [4.78, 5) is 6.97. The molecule has 1 saturated carbocycles. The molecule has 8 heteroatoms. The molecule has 1 aliphatic carbocycles. The van der Waals surface area contributed by atoms with Gasteiger partial charge in [-0.1, -0.05) is 41.4 Å². The molecule has 168 valence electrons. The van der Waals surface area contributed by atoms with Crippen LogP contribution in [0.1, 0.15) is 25.7 Å². The molecule has 5 nitrogen and oxygen atoms in total. The second kappa shape index (κ2) is 10.1. The maximum absolute atomic E-state index is 6.23. The first-order chi connectivity index (χ1) is 15.4. The molecule has 3 N–H and O–H groups in total. The minimum Gasteiger partial charge on any atom is -0.377 e. The third-order valence-corrected chi connectivity index (χ3v) is 6.54. The van der Waals surface area contributed by atoms with Crippen molar-refractivity contribution in [3.8, 4) is 0 Å². The van der Waals surface area contributed by atoms with Gasteiger partial charge in [-0.3, -0.25) is 0 Å². The molecule has 1 fully saturated rings. The number of benzene rings is 2. The van der Waals surface area contributed by atoms with Gasteiger partial charge in [-0.15, -0.1) is 0 Å². The minimum atomic E-state index is 0.334. The lowest BCUT2D eigenvalue weighted by atomic mass is 9.91. The minimum absolute atomic E-state index is 0.334. The molecule has 0 aliphatic heterocycles.